The zero-order chi connectivity index (χ0) is 12.3. The quantitative estimate of drug-likeness (QED) is 0.816. The third kappa shape index (κ3) is 2.58. The fourth-order valence-electron chi connectivity index (χ4n) is 1.56. The van der Waals surface area contributed by atoms with Crippen molar-refractivity contribution in [2.24, 2.45) is 0 Å². The van der Waals surface area contributed by atoms with E-state index in [0.717, 1.165) is 15.2 Å². The minimum atomic E-state index is -0.392. The number of hydrogen-bond donors (Lipinski definition) is 0. The number of esters is 1. The lowest BCUT2D eigenvalue weighted by molar-refractivity contribution is -0.142. The molecule has 0 saturated carbocycles. The van der Waals surface area contributed by atoms with Gasteiger partial charge in [-0.2, -0.15) is 0 Å². The number of benzene rings is 2. The van der Waals surface area contributed by atoms with Crippen LogP contribution in [0.4, 0.5) is 0 Å². The molecule has 0 amide bonds. The molecule has 4 heteroatoms. The highest BCUT2D eigenvalue weighted by Gasteiger charge is 2.07. The second-order valence-corrected chi connectivity index (χ2v) is 4.31. The highest BCUT2D eigenvalue weighted by atomic mass is 79.9. The zero-order valence-electron chi connectivity index (χ0n) is 9.27. The topological polar surface area (TPSA) is 35.5 Å². The predicted octanol–water partition coefficient (Wildman–Crippen LogP) is 3.15. The summed E-state index contributed by atoms with van der Waals surface area (Å²) < 4.78 is 11.0. The maximum atomic E-state index is 11.0. The van der Waals surface area contributed by atoms with Gasteiger partial charge in [0.05, 0.1) is 7.11 Å². The van der Waals surface area contributed by atoms with Crippen molar-refractivity contribution < 1.29 is 14.3 Å². The SMILES string of the molecule is COC(=O)COc1ccc(Br)c2ccccc12. The van der Waals surface area contributed by atoms with Crippen molar-refractivity contribution in [3.8, 4) is 5.75 Å². The summed E-state index contributed by atoms with van der Waals surface area (Å²) in [4.78, 5) is 11.0. The van der Waals surface area contributed by atoms with Gasteiger partial charge in [-0.3, -0.25) is 0 Å². The minimum Gasteiger partial charge on any atom is -0.481 e. The Morgan fingerprint density at radius 2 is 1.88 bits per heavy atom. The molecule has 0 atom stereocenters. The molecule has 0 fully saturated rings. The maximum Gasteiger partial charge on any atom is 0.343 e. The molecular weight excluding hydrogens is 284 g/mol. The molecule has 88 valence electrons. The van der Waals surface area contributed by atoms with Gasteiger partial charge in [-0.1, -0.05) is 40.2 Å². The summed E-state index contributed by atoms with van der Waals surface area (Å²) in [6.07, 6.45) is 0. The van der Waals surface area contributed by atoms with Crippen molar-refractivity contribution >= 4 is 32.7 Å². The Morgan fingerprint density at radius 1 is 1.18 bits per heavy atom. The van der Waals surface area contributed by atoms with Crippen LogP contribution < -0.4 is 4.74 Å². The Hall–Kier alpha value is -1.55. The number of hydrogen-bond acceptors (Lipinski definition) is 3. The Kier molecular flexibility index (Phi) is 3.64. The average Bonchev–Trinajstić information content (AvgIpc) is 2.38. The lowest BCUT2D eigenvalue weighted by Gasteiger charge is -2.09. The number of methoxy groups -OCH3 is 1. The van der Waals surface area contributed by atoms with Crippen LogP contribution in [0.2, 0.25) is 0 Å². The molecular formula is C13H11BrO3. The zero-order valence-corrected chi connectivity index (χ0v) is 10.9. The van der Waals surface area contributed by atoms with E-state index in [4.69, 9.17) is 4.74 Å². The number of carbonyl (C=O) groups excluding carboxylic acids is 1. The molecule has 0 aliphatic heterocycles. The molecule has 0 heterocycles. The summed E-state index contributed by atoms with van der Waals surface area (Å²) in [7, 11) is 1.34. The summed E-state index contributed by atoms with van der Waals surface area (Å²) in [5.41, 5.74) is 0. The normalized spacial score (nSPS) is 10.2. The van der Waals surface area contributed by atoms with Crippen molar-refractivity contribution in [3.63, 3.8) is 0 Å². The first kappa shape index (κ1) is 11.9. The minimum absolute atomic E-state index is 0.0812. The lowest BCUT2D eigenvalue weighted by Crippen LogP contribution is -2.12. The van der Waals surface area contributed by atoms with Crippen molar-refractivity contribution in [2.45, 2.75) is 0 Å². The van der Waals surface area contributed by atoms with Crippen LogP contribution in [-0.2, 0) is 9.53 Å². The third-order valence-electron chi connectivity index (χ3n) is 2.40. The van der Waals surface area contributed by atoms with Gasteiger partial charge in [0.2, 0.25) is 0 Å². The Balaban J connectivity index is 2.35. The second kappa shape index (κ2) is 5.19. The molecule has 0 spiro atoms. The summed E-state index contributed by atoms with van der Waals surface area (Å²) in [5, 5.41) is 2.01. The monoisotopic (exact) mass is 294 g/mol. The molecule has 0 unspecified atom stereocenters. The molecule has 0 aromatic heterocycles. The van der Waals surface area contributed by atoms with Gasteiger partial charge >= 0.3 is 5.97 Å². The van der Waals surface area contributed by atoms with Gasteiger partial charge in [0, 0.05) is 9.86 Å². The average molecular weight is 295 g/mol. The number of ether oxygens (including phenoxy) is 2. The Labute approximate surface area is 107 Å². The fraction of sp³-hybridized carbons (Fsp3) is 0.154. The number of rotatable bonds is 3. The molecule has 0 radical (unpaired) electrons. The summed E-state index contributed by atoms with van der Waals surface area (Å²) in [6, 6.07) is 11.6. The van der Waals surface area contributed by atoms with Gasteiger partial charge in [-0.25, -0.2) is 4.79 Å². The van der Waals surface area contributed by atoms with E-state index in [-0.39, 0.29) is 6.61 Å². The summed E-state index contributed by atoms with van der Waals surface area (Å²) >= 11 is 3.48. The van der Waals surface area contributed by atoms with Crippen LogP contribution in [0.15, 0.2) is 40.9 Å². The number of carbonyl (C=O) groups is 1. The Morgan fingerprint density at radius 3 is 2.59 bits per heavy atom. The van der Waals surface area contributed by atoms with Gasteiger partial charge in [0.25, 0.3) is 0 Å². The standard InChI is InChI=1S/C13H11BrO3/c1-16-13(15)8-17-12-7-6-11(14)9-4-2-3-5-10(9)12/h2-7H,8H2,1H3. The molecule has 2 aromatic rings. The highest BCUT2D eigenvalue weighted by molar-refractivity contribution is 9.10. The van der Waals surface area contributed by atoms with Crippen molar-refractivity contribution in [3.05, 3.63) is 40.9 Å². The van der Waals surface area contributed by atoms with Gasteiger partial charge in [0.15, 0.2) is 6.61 Å². The van der Waals surface area contributed by atoms with Crippen molar-refractivity contribution in [2.75, 3.05) is 13.7 Å². The molecule has 2 rings (SSSR count). The van der Waals surface area contributed by atoms with Crippen LogP contribution >= 0.6 is 15.9 Å². The van der Waals surface area contributed by atoms with Crippen LogP contribution in [0.5, 0.6) is 5.75 Å². The van der Waals surface area contributed by atoms with Crippen molar-refractivity contribution in [1.82, 2.24) is 0 Å². The van der Waals surface area contributed by atoms with Gasteiger partial charge in [-0.05, 0) is 17.5 Å². The Bertz CT molecular complexity index is 551. The first-order valence-corrected chi connectivity index (χ1v) is 5.88. The molecule has 17 heavy (non-hydrogen) atoms. The predicted molar refractivity (Wildman–Crippen MR) is 69.2 cm³/mol. The van der Waals surface area contributed by atoms with Crippen LogP contribution in [-0.4, -0.2) is 19.7 Å². The molecule has 0 aliphatic carbocycles. The third-order valence-corrected chi connectivity index (χ3v) is 3.10. The van der Waals surface area contributed by atoms with E-state index in [1.165, 1.54) is 7.11 Å². The number of fused-ring (bicyclic) bond motifs is 1. The fourth-order valence-corrected chi connectivity index (χ4v) is 2.03. The van der Waals surface area contributed by atoms with E-state index in [1.807, 2.05) is 36.4 Å². The largest absolute Gasteiger partial charge is 0.481 e. The first-order valence-electron chi connectivity index (χ1n) is 5.09. The van der Waals surface area contributed by atoms with E-state index < -0.39 is 5.97 Å². The lowest BCUT2D eigenvalue weighted by atomic mass is 10.1. The smallest absolute Gasteiger partial charge is 0.343 e. The second-order valence-electron chi connectivity index (χ2n) is 3.46. The maximum absolute atomic E-state index is 11.0. The van der Waals surface area contributed by atoms with Crippen LogP contribution in [0, 0.1) is 0 Å². The molecule has 3 nitrogen and oxygen atoms in total. The first-order chi connectivity index (χ1) is 8.22. The van der Waals surface area contributed by atoms with E-state index in [0.29, 0.717) is 5.75 Å². The number of halogens is 1. The van der Waals surface area contributed by atoms with Crippen molar-refractivity contribution in [1.29, 1.82) is 0 Å². The van der Waals surface area contributed by atoms with E-state index in [9.17, 15) is 4.79 Å². The van der Waals surface area contributed by atoms with E-state index >= 15 is 0 Å². The highest BCUT2D eigenvalue weighted by Crippen LogP contribution is 2.31. The van der Waals surface area contributed by atoms with Gasteiger partial charge < -0.3 is 9.47 Å². The molecule has 0 saturated heterocycles. The molecule has 0 bridgehead atoms. The summed E-state index contributed by atoms with van der Waals surface area (Å²) in [5.74, 6) is 0.284. The van der Waals surface area contributed by atoms with Gasteiger partial charge in [-0.15, -0.1) is 0 Å². The molecule has 0 N–H and O–H groups in total. The van der Waals surface area contributed by atoms with Crippen LogP contribution in [0.25, 0.3) is 10.8 Å². The van der Waals surface area contributed by atoms with E-state index in [1.54, 1.807) is 0 Å². The summed E-state index contributed by atoms with van der Waals surface area (Å²) in [6.45, 7) is -0.0812. The van der Waals surface area contributed by atoms with Crippen LogP contribution in [0.1, 0.15) is 0 Å². The van der Waals surface area contributed by atoms with Crippen LogP contribution in [0.3, 0.4) is 0 Å². The molecule has 2 aromatic carbocycles. The van der Waals surface area contributed by atoms with E-state index in [2.05, 4.69) is 20.7 Å². The van der Waals surface area contributed by atoms with Gasteiger partial charge in [0.1, 0.15) is 5.75 Å². The molecule has 0 aliphatic rings.